The number of hydrogen-bond donors (Lipinski definition) is 2. The van der Waals surface area contributed by atoms with Crippen molar-refractivity contribution in [2.24, 2.45) is 0 Å². The second kappa shape index (κ2) is 10.8. The van der Waals surface area contributed by atoms with Crippen molar-refractivity contribution in [2.75, 3.05) is 18.5 Å². The Morgan fingerprint density at radius 1 is 1.19 bits per heavy atom. The Morgan fingerprint density at radius 2 is 1.94 bits per heavy atom. The van der Waals surface area contributed by atoms with Gasteiger partial charge < -0.3 is 20.1 Å². The van der Waals surface area contributed by atoms with Gasteiger partial charge >= 0.3 is 6.09 Å². The molecule has 1 amide bonds. The van der Waals surface area contributed by atoms with Crippen LogP contribution in [0.25, 0.3) is 20.5 Å². The molecular weight excluding hydrogens is 472 g/mol. The maximum atomic E-state index is 12.9. The van der Waals surface area contributed by atoms with Crippen molar-refractivity contribution in [1.82, 2.24) is 9.88 Å². The van der Waals surface area contributed by atoms with Crippen LogP contribution in [-0.2, 0) is 11.3 Å². The van der Waals surface area contributed by atoms with Crippen LogP contribution in [0.5, 0.6) is 0 Å². The molecule has 0 saturated carbocycles. The normalized spacial score (nSPS) is 17.5. The van der Waals surface area contributed by atoms with Crippen molar-refractivity contribution in [1.29, 1.82) is 5.26 Å². The Morgan fingerprint density at radius 3 is 2.67 bits per heavy atom. The van der Waals surface area contributed by atoms with Gasteiger partial charge in [0.15, 0.2) is 0 Å². The number of piperidine rings is 1. The number of amides is 1. The first-order valence-electron chi connectivity index (χ1n) is 11.9. The van der Waals surface area contributed by atoms with Gasteiger partial charge in [0.2, 0.25) is 0 Å². The Balaban J connectivity index is 1.38. The number of nitriles is 1. The van der Waals surface area contributed by atoms with Crippen LogP contribution in [0.2, 0.25) is 0 Å². The number of anilines is 1. The molecule has 8 heteroatoms. The van der Waals surface area contributed by atoms with Crippen LogP contribution in [-0.4, -0.2) is 46.3 Å². The number of carbonyl (C=O) groups excluding carboxylic acids is 1. The number of carbonyl (C=O) groups is 1. The second-order valence-electron chi connectivity index (χ2n) is 8.73. The molecule has 1 aliphatic heterocycles. The molecule has 1 fully saturated rings. The third kappa shape index (κ3) is 4.89. The highest BCUT2D eigenvalue weighted by atomic mass is 32.1. The zero-order valence-electron chi connectivity index (χ0n) is 19.6. The third-order valence-corrected chi connectivity index (χ3v) is 7.68. The minimum atomic E-state index is -0.457. The average Bonchev–Trinajstić information content (AvgIpc) is 3.39. The smallest absolute Gasteiger partial charge is 0.410 e. The van der Waals surface area contributed by atoms with Gasteiger partial charge in [-0.05, 0) is 30.0 Å². The molecular formula is C28H26N4O3S. The number of aliphatic hydroxyl groups excluding tert-OH is 1. The molecule has 2 atom stereocenters. The van der Waals surface area contributed by atoms with E-state index < -0.39 is 12.1 Å². The van der Waals surface area contributed by atoms with E-state index in [-0.39, 0.29) is 19.3 Å². The van der Waals surface area contributed by atoms with Gasteiger partial charge in [0.25, 0.3) is 0 Å². The minimum Gasteiger partial charge on any atom is -0.445 e. The number of thiophene rings is 1. The number of hydrogen-bond acceptors (Lipinski definition) is 7. The van der Waals surface area contributed by atoms with Crippen molar-refractivity contribution in [2.45, 2.75) is 31.5 Å². The molecule has 182 valence electrons. The van der Waals surface area contributed by atoms with E-state index in [1.54, 1.807) is 22.4 Å². The van der Waals surface area contributed by atoms with E-state index in [2.05, 4.69) is 16.4 Å². The summed E-state index contributed by atoms with van der Waals surface area (Å²) >= 11 is 1.56. The van der Waals surface area contributed by atoms with Crippen molar-refractivity contribution in [3.8, 4) is 16.5 Å². The van der Waals surface area contributed by atoms with E-state index in [9.17, 15) is 15.2 Å². The fourth-order valence-electron chi connectivity index (χ4n) is 4.62. The first kappa shape index (κ1) is 23.8. The lowest BCUT2D eigenvalue weighted by molar-refractivity contribution is 0.0453. The summed E-state index contributed by atoms with van der Waals surface area (Å²) in [5, 5.41) is 24.2. The predicted molar refractivity (Wildman–Crippen MR) is 141 cm³/mol. The molecule has 4 aromatic rings. The SMILES string of the molecule is N#Cc1cnc(NC2CCCN(C(=O)OCc3ccccc3)C2CO)c2cc(-c3ccccc3)sc12. The van der Waals surface area contributed by atoms with Crippen LogP contribution in [0.15, 0.2) is 72.9 Å². The highest BCUT2D eigenvalue weighted by Gasteiger charge is 2.35. The molecule has 2 aromatic heterocycles. The predicted octanol–water partition coefficient (Wildman–Crippen LogP) is 5.41. The molecule has 1 saturated heterocycles. The highest BCUT2D eigenvalue weighted by Crippen LogP contribution is 2.38. The first-order valence-corrected chi connectivity index (χ1v) is 12.7. The summed E-state index contributed by atoms with van der Waals surface area (Å²) in [5.74, 6) is 0.644. The van der Waals surface area contributed by atoms with E-state index in [0.29, 0.717) is 17.9 Å². The molecule has 3 heterocycles. The number of aliphatic hydroxyl groups is 1. The minimum absolute atomic E-state index is 0.182. The van der Waals surface area contributed by atoms with E-state index in [1.807, 2.05) is 66.7 Å². The number of fused-ring (bicyclic) bond motifs is 1. The number of rotatable bonds is 6. The molecule has 2 unspecified atom stereocenters. The van der Waals surface area contributed by atoms with Crippen molar-refractivity contribution in [3.05, 3.63) is 84.1 Å². The summed E-state index contributed by atoms with van der Waals surface area (Å²) in [4.78, 5) is 20.1. The van der Waals surface area contributed by atoms with Gasteiger partial charge in [0, 0.05) is 23.0 Å². The van der Waals surface area contributed by atoms with Crippen molar-refractivity contribution in [3.63, 3.8) is 0 Å². The lowest BCUT2D eigenvalue weighted by Crippen LogP contribution is -2.55. The highest BCUT2D eigenvalue weighted by molar-refractivity contribution is 7.22. The molecule has 2 aromatic carbocycles. The monoisotopic (exact) mass is 498 g/mol. The zero-order chi connectivity index (χ0) is 24.9. The molecule has 1 aliphatic rings. The van der Waals surface area contributed by atoms with E-state index in [1.165, 1.54) is 0 Å². The summed E-state index contributed by atoms with van der Waals surface area (Å²) in [7, 11) is 0. The summed E-state index contributed by atoms with van der Waals surface area (Å²) in [6, 6.07) is 23.2. The number of aromatic nitrogens is 1. The second-order valence-corrected chi connectivity index (χ2v) is 9.78. The Kier molecular flexibility index (Phi) is 7.12. The molecule has 0 bridgehead atoms. The Bertz CT molecular complexity index is 1380. The van der Waals surface area contributed by atoms with Gasteiger partial charge in [0.05, 0.1) is 29.0 Å². The number of benzene rings is 2. The number of nitrogens with one attached hydrogen (secondary N) is 1. The van der Waals surface area contributed by atoms with Crippen LogP contribution in [0.3, 0.4) is 0 Å². The maximum Gasteiger partial charge on any atom is 0.410 e. The maximum absolute atomic E-state index is 12.9. The summed E-state index contributed by atoms with van der Waals surface area (Å²) < 4.78 is 6.41. The number of pyridine rings is 1. The van der Waals surface area contributed by atoms with Crippen molar-refractivity contribution >= 4 is 33.3 Å². The zero-order valence-corrected chi connectivity index (χ0v) is 20.4. The van der Waals surface area contributed by atoms with E-state index in [4.69, 9.17) is 4.74 Å². The quantitative estimate of drug-likeness (QED) is 0.369. The average molecular weight is 499 g/mol. The topological polar surface area (TPSA) is 98.5 Å². The van der Waals surface area contributed by atoms with Gasteiger partial charge in [-0.15, -0.1) is 11.3 Å². The number of ether oxygens (including phenoxy) is 1. The first-order chi connectivity index (χ1) is 17.7. The fraction of sp³-hybridized carbons (Fsp3) is 0.250. The molecule has 5 rings (SSSR count). The number of nitrogens with zero attached hydrogens (tertiary/aromatic N) is 3. The fourth-order valence-corrected chi connectivity index (χ4v) is 5.74. The van der Waals surface area contributed by atoms with Gasteiger partial charge in [-0.1, -0.05) is 60.7 Å². The molecule has 0 spiro atoms. The molecule has 7 nitrogen and oxygen atoms in total. The molecule has 36 heavy (non-hydrogen) atoms. The van der Waals surface area contributed by atoms with Crippen molar-refractivity contribution < 1.29 is 14.6 Å². The van der Waals surface area contributed by atoms with Crippen LogP contribution < -0.4 is 5.32 Å². The van der Waals surface area contributed by atoms with Crippen LogP contribution in [0.4, 0.5) is 10.6 Å². The number of likely N-dealkylation sites (tertiary alicyclic amines) is 1. The summed E-state index contributed by atoms with van der Waals surface area (Å²) in [6.07, 6.45) is 2.68. The standard InChI is InChI=1S/C28H26N4O3S/c29-15-21-16-30-27(22-14-25(36-26(21)22)20-10-5-2-6-11-20)31-23-12-7-13-32(24(23)17-33)28(34)35-18-19-8-3-1-4-9-19/h1-6,8-11,14,16,23-24,33H,7,12-13,17-18H2,(H,30,31). The van der Waals surface area contributed by atoms with E-state index >= 15 is 0 Å². The van der Waals surface area contributed by atoms with Gasteiger partial charge in [-0.3, -0.25) is 0 Å². The molecule has 2 N–H and O–H groups in total. The van der Waals surface area contributed by atoms with Crippen LogP contribution >= 0.6 is 11.3 Å². The van der Waals surface area contributed by atoms with E-state index in [0.717, 1.165) is 38.9 Å². The molecule has 0 radical (unpaired) electrons. The van der Waals surface area contributed by atoms with Gasteiger partial charge in [0.1, 0.15) is 18.5 Å². The Hall–Kier alpha value is -3.93. The van der Waals surface area contributed by atoms with Gasteiger partial charge in [-0.25, -0.2) is 9.78 Å². The lowest BCUT2D eigenvalue weighted by Gasteiger charge is -2.40. The van der Waals surface area contributed by atoms with Gasteiger partial charge in [-0.2, -0.15) is 5.26 Å². The van der Waals surface area contributed by atoms with Crippen LogP contribution in [0.1, 0.15) is 24.0 Å². The molecule has 0 aliphatic carbocycles. The largest absolute Gasteiger partial charge is 0.445 e. The summed E-state index contributed by atoms with van der Waals surface area (Å²) in [6.45, 7) is 0.502. The summed E-state index contributed by atoms with van der Waals surface area (Å²) in [5.41, 5.74) is 2.51. The van der Waals surface area contributed by atoms with Crippen LogP contribution in [0, 0.1) is 11.3 Å². The lowest BCUT2D eigenvalue weighted by atomic mass is 9.96. The third-order valence-electron chi connectivity index (χ3n) is 6.46. The Labute approximate surface area is 213 Å².